The van der Waals surface area contributed by atoms with Crippen LogP contribution in [-0.2, 0) is 7.05 Å². The van der Waals surface area contributed by atoms with Crippen molar-refractivity contribution in [2.24, 2.45) is 7.05 Å². The molecule has 0 aliphatic carbocycles. The third kappa shape index (κ3) is 3.68. The van der Waals surface area contributed by atoms with Crippen molar-refractivity contribution >= 4 is 5.91 Å². The van der Waals surface area contributed by atoms with Crippen LogP contribution in [0.3, 0.4) is 0 Å². The van der Waals surface area contributed by atoms with Gasteiger partial charge in [0.05, 0.1) is 6.04 Å². The van der Waals surface area contributed by atoms with Gasteiger partial charge in [-0.3, -0.25) is 4.79 Å². The molecule has 1 heterocycles. The van der Waals surface area contributed by atoms with E-state index in [2.05, 4.69) is 27.4 Å². The molecule has 108 valence electrons. The Morgan fingerprint density at radius 3 is 2.71 bits per heavy atom. The van der Waals surface area contributed by atoms with Gasteiger partial charge in [0.1, 0.15) is 12.9 Å². The standard InChI is InChI=1S/C15H16N4O2/c1-11(14-18-16-10-19(14)2)17-15(21)13-7-5-12(6-8-13)4-3-9-20/h5-8,10-11,20H,9H2,1-2H3,(H,17,21). The number of aromatic nitrogens is 3. The van der Waals surface area contributed by atoms with E-state index in [0.717, 1.165) is 5.56 Å². The van der Waals surface area contributed by atoms with Crippen LogP contribution in [0.15, 0.2) is 30.6 Å². The summed E-state index contributed by atoms with van der Waals surface area (Å²) in [6.45, 7) is 1.67. The van der Waals surface area contributed by atoms with Gasteiger partial charge in [-0.05, 0) is 31.2 Å². The lowest BCUT2D eigenvalue weighted by Crippen LogP contribution is -2.28. The maximum atomic E-state index is 12.1. The first-order valence-corrected chi connectivity index (χ1v) is 6.46. The number of aliphatic hydroxyl groups excluding tert-OH is 1. The number of hydrogen-bond donors (Lipinski definition) is 2. The van der Waals surface area contributed by atoms with Gasteiger partial charge in [0.2, 0.25) is 0 Å². The average Bonchev–Trinajstić information content (AvgIpc) is 2.91. The van der Waals surface area contributed by atoms with E-state index < -0.39 is 0 Å². The molecule has 0 aliphatic heterocycles. The lowest BCUT2D eigenvalue weighted by molar-refractivity contribution is 0.0938. The Hall–Kier alpha value is -2.65. The Morgan fingerprint density at radius 1 is 1.43 bits per heavy atom. The van der Waals surface area contributed by atoms with Crippen LogP contribution in [0.1, 0.15) is 34.7 Å². The van der Waals surface area contributed by atoms with Gasteiger partial charge in [-0.25, -0.2) is 0 Å². The highest BCUT2D eigenvalue weighted by Gasteiger charge is 2.15. The monoisotopic (exact) mass is 284 g/mol. The van der Waals surface area contributed by atoms with E-state index in [9.17, 15) is 4.79 Å². The molecule has 2 N–H and O–H groups in total. The Morgan fingerprint density at radius 2 is 2.14 bits per heavy atom. The highest BCUT2D eigenvalue weighted by molar-refractivity contribution is 5.94. The summed E-state index contributed by atoms with van der Waals surface area (Å²) in [4.78, 5) is 12.1. The van der Waals surface area contributed by atoms with Crippen molar-refractivity contribution in [1.29, 1.82) is 0 Å². The van der Waals surface area contributed by atoms with Crippen molar-refractivity contribution in [2.45, 2.75) is 13.0 Å². The second kappa shape index (κ2) is 6.68. The summed E-state index contributed by atoms with van der Waals surface area (Å²) in [5.41, 5.74) is 1.29. The van der Waals surface area contributed by atoms with Gasteiger partial charge in [0.25, 0.3) is 5.91 Å². The minimum absolute atomic E-state index is 0.183. The molecule has 6 nitrogen and oxygen atoms in total. The first kappa shape index (κ1) is 14.8. The summed E-state index contributed by atoms with van der Waals surface area (Å²) >= 11 is 0. The van der Waals surface area contributed by atoms with E-state index in [-0.39, 0.29) is 18.6 Å². The van der Waals surface area contributed by atoms with Gasteiger partial charge in [0.15, 0.2) is 5.82 Å². The first-order chi connectivity index (χ1) is 10.1. The topological polar surface area (TPSA) is 80.0 Å². The van der Waals surface area contributed by atoms with Crippen LogP contribution in [0.4, 0.5) is 0 Å². The number of aliphatic hydroxyl groups is 1. The molecule has 0 spiro atoms. The average molecular weight is 284 g/mol. The molecule has 0 saturated carbocycles. The molecule has 2 aromatic rings. The molecular formula is C15H16N4O2. The van der Waals surface area contributed by atoms with E-state index in [1.54, 1.807) is 35.2 Å². The zero-order valence-electron chi connectivity index (χ0n) is 11.9. The van der Waals surface area contributed by atoms with Crippen molar-refractivity contribution < 1.29 is 9.90 Å². The molecule has 21 heavy (non-hydrogen) atoms. The summed E-state index contributed by atoms with van der Waals surface area (Å²) in [7, 11) is 1.83. The maximum Gasteiger partial charge on any atom is 0.251 e. The van der Waals surface area contributed by atoms with Crippen LogP contribution >= 0.6 is 0 Å². The van der Waals surface area contributed by atoms with E-state index in [1.165, 1.54) is 0 Å². The second-order valence-electron chi connectivity index (χ2n) is 4.53. The lowest BCUT2D eigenvalue weighted by atomic mass is 10.1. The molecule has 1 amide bonds. The highest BCUT2D eigenvalue weighted by Crippen LogP contribution is 2.10. The fourth-order valence-electron chi connectivity index (χ4n) is 1.88. The highest BCUT2D eigenvalue weighted by atomic mass is 16.2. The SMILES string of the molecule is CC(NC(=O)c1ccc(C#CCO)cc1)c1nncn1C. The van der Waals surface area contributed by atoms with Crippen molar-refractivity contribution in [2.75, 3.05) is 6.61 Å². The summed E-state index contributed by atoms with van der Waals surface area (Å²) in [5, 5.41) is 19.3. The summed E-state index contributed by atoms with van der Waals surface area (Å²) in [6, 6.07) is 6.63. The Kier molecular flexibility index (Phi) is 4.69. The van der Waals surface area contributed by atoms with Crippen LogP contribution < -0.4 is 5.32 Å². The van der Waals surface area contributed by atoms with Crippen LogP contribution in [0.25, 0.3) is 0 Å². The van der Waals surface area contributed by atoms with Gasteiger partial charge in [-0.15, -0.1) is 10.2 Å². The number of hydrogen-bond acceptors (Lipinski definition) is 4. The number of carbonyl (C=O) groups is 1. The minimum atomic E-state index is -0.237. The van der Waals surface area contributed by atoms with Gasteiger partial charge in [-0.1, -0.05) is 11.8 Å². The molecule has 0 saturated heterocycles. The third-order valence-electron chi connectivity index (χ3n) is 2.94. The summed E-state index contributed by atoms with van der Waals surface area (Å²) in [5.74, 6) is 5.84. The smallest absolute Gasteiger partial charge is 0.251 e. The van der Waals surface area contributed by atoms with Crippen LogP contribution in [-0.4, -0.2) is 32.4 Å². The van der Waals surface area contributed by atoms with Gasteiger partial charge in [-0.2, -0.15) is 0 Å². The number of amides is 1. The quantitative estimate of drug-likeness (QED) is 0.811. The second-order valence-corrected chi connectivity index (χ2v) is 4.53. The molecule has 0 radical (unpaired) electrons. The Labute approximate surface area is 122 Å². The normalized spacial score (nSPS) is 11.4. The number of carbonyl (C=O) groups excluding carboxylic acids is 1. The van der Waals surface area contributed by atoms with Gasteiger partial charge in [0, 0.05) is 18.2 Å². The first-order valence-electron chi connectivity index (χ1n) is 6.46. The minimum Gasteiger partial charge on any atom is -0.384 e. The summed E-state index contributed by atoms with van der Waals surface area (Å²) < 4.78 is 1.76. The largest absolute Gasteiger partial charge is 0.384 e. The van der Waals surface area contributed by atoms with Crippen molar-refractivity contribution in [1.82, 2.24) is 20.1 Å². The fraction of sp³-hybridized carbons (Fsp3) is 0.267. The number of nitrogens with one attached hydrogen (secondary N) is 1. The van der Waals surface area contributed by atoms with E-state index in [0.29, 0.717) is 11.4 Å². The van der Waals surface area contributed by atoms with E-state index >= 15 is 0 Å². The van der Waals surface area contributed by atoms with Crippen molar-refractivity contribution in [3.8, 4) is 11.8 Å². The van der Waals surface area contributed by atoms with Crippen LogP contribution in [0, 0.1) is 11.8 Å². The van der Waals surface area contributed by atoms with Crippen molar-refractivity contribution in [3.05, 3.63) is 47.5 Å². The predicted octanol–water partition coefficient (Wildman–Crippen LogP) is 0.650. The number of aryl methyl sites for hydroxylation is 1. The molecule has 0 bridgehead atoms. The van der Waals surface area contributed by atoms with Gasteiger partial charge < -0.3 is 15.0 Å². The van der Waals surface area contributed by atoms with Crippen LogP contribution in [0.5, 0.6) is 0 Å². The van der Waals surface area contributed by atoms with Crippen LogP contribution in [0.2, 0.25) is 0 Å². The molecule has 2 rings (SSSR count). The molecule has 6 heteroatoms. The molecule has 0 aliphatic rings. The Bertz CT molecular complexity index is 680. The lowest BCUT2D eigenvalue weighted by Gasteiger charge is -2.12. The number of nitrogens with zero attached hydrogens (tertiary/aromatic N) is 3. The number of rotatable bonds is 3. The zero-order chi connectivity index (χ0) is 15.2. The molecular weight excluding hydrogens is 268 g/mol. The third-order valence-corrected chi connectivity index (χ3v) is 2.94. The zero-order valence-corrected chi connectivity index (χ0v) is 11.9. The molecule has 1 atom stereocenters. The number of benzene rings is 1. The molecule has 0 fully saturated rings. The van der Waals surface area contributed by atoms with E-state index in [4.69, 9.17) is 5.11 Å². The van der Waals surface area contributed by atoms with E-state index in [1.807, 2.05) is 14.0 Å². The molecule has 1 aromatic carbocycles. The van der Waals surface area contributed by atoms with Crippen molar-refractivity contribution in [3.63, 3.8) is 0 Å². The Balaban J connectivity index is 2.05. The molecule has 1 unspecified atom stereocenters. The summed E-state index contributed by atoms with van der Waals surface area (Å²) in [6.07, 6.45) is 1.59. The van der Waals surface area contributed by atoms with Gasteiger partial charge >= 0.3 is 0 Å². The fourth-order valence-corrected chi connectivity index (χ4v) is 1.88. The maximum absolute atomic E-state index is 12.1. The molecule has 1 aromatic heterocycles. The predicted molar refractivity (Wildman–Crippen MR) is 77.3 cm³/mol.